The molecule has 1 aromatic heterocycles. The van der Waals surface area contributed by atoms with Crippen molar-refractivity contribution in [3.8, 4) is 0 Å². The fourth-order valence-corrected chi connectivity index (χ4v) is 1.10. The minimum absolute atomic E-state index is 0. The first-order valence-corrected chi connectivity index (χ1v) is 4.40. The van der Waals surface area contributed by atoms with Crippen LogP contribution in [-0.4, -0.2) is 10.9 Å². The van der Waals surface area contributed by atoms with E-state index < -0.39 is 0 Å². The van der Waals surface area contributed by atoms with Crippen molar-refractivity contribution >= 4 is 24.0 Å². The molecule has 0 aliphatic heterocycles. The van der Waals surface area contributed by atoms with Crippen LogP contribution in [0.15, 0.2) is 18.3 Å². The summed E-state index contributed by atoms with van der Waals surface area (Å²) in [5, 5.41) is 0. The average Bonchev–Trinajstić information content (AvgIpc) is 2.07. The molecule has 1 heterocycles. The Morgan fingerprint density at radius 1 is 1.42 bits per heavy atom. The minimum atomic E-state index is 0. The third-order valence-corrected chi connectivity index (χ3v) is 1.83. The summed E-state index contributed by atoms with van der Waals surface area (Å²) >= 11 is 5.57. The van der Waals surface area contributed by atoms with Crippen LogP contribution < -0.4 is 0 Å². The molecule has 0 atom stereocenters. The van der Waals surface area contributed by atoms with Gasteiger partial charge in [0.05, 0.1) is 0 Å². The van der Waals surface area contributed by atoms with Crippen molar-refractivity contribution in [2.45, 2.75) is 19.8 Å². The van der Waals surface area contributed by atoms with Crippen LogP contribution in [0.2, 0.25) is 0 Å². The lowest BCUT2D eigenvalue weighted by atomic mass is 10.2. The average molecular weight is 206 g/mol. The van der Waals surface area contributed by atoms with Crippen molar-refractivity contribution in [3.63, 3.8) is 0 Å². The van der Waals surface area contributed by atoms with E-state index >= 15 is 0 Å². The van der Waals surface area contributed by atoms with E-state index in [0.717, 1.165) is 18.5 Å². The Labute approximate surface area is 84.6 Å². The molecule has 0 aromatic carbocycles. The Kier molecular flexibility index (Phi) is 6.13. The first-order chi connectivity index (χ1) is 5.36. The van der Waals surface area contributed by atoms with E-state index in [1.807, 2.05) is 12.3 Å². The van der Waals surface area contributed by atoms with Gasteiger partial charge in [-0.05, 0) is 18.1 Å². The minimum Gasteiger partial charge on any atom is -0.261 e. The molecule has 0 spiro atoms. The van der Waals surface area contributed by atoms with Crippen molar-refractivity contribution in [1.29, 1.82) is 0 Å². The predicted molar refractivity (Wildman–Crippen MR) is 55.3 cm³/mol. The van der Waals surface area contributed by atoms with Crippen LogP contribution in [-0.2, 0) is 12.8 Å². The standard InChI is InChI=1S/C9H12ClN.ClH/c1-2-8-3-4-9(5-6-10)11-7-8;/h3-4,7H,2,5-6H2,1H3;1H. The van der Waals surface area contributed by atoms with E-state index in [2.05, 4.69) is 18.0 Å². The first kappa shape index (κ1) is 11.7. The lowest BCUT2D eigenvalue weighted by Gasteiger charge is -1.97. The predicted octanol–water partition coefficient (Wildman–Crippen LogP) is 2.85. The van der Waals surface area contributed by atoms with Gasteiger partial charge in [0.25, 0.3) is 0 Å². The maximum absolute atomic E-state index is 5.57. The Balaban J connectivity index is 0.00000121. The molecule has 0 bridgehead atoms. The van der Waals surface area contributed by atoms with Gasteiger partial charge in [0.1, 0.15) is 0 Å². The van der Waals surface area contributed by atoms with Crippen LogP contribution in [0.1, 0.15) is 18.2 Å². The number of hydrogen-bond donors (Lipinski definition) is 0. The topological polar surface area (TPSA) is 12.9 Å². The SMILES string of the molecule is CCc1ccc(CCCl)nc1.Cl. The number of aryl methyl sites for hydroxylation is 2. The zero-order valence-corrected chi connectivity index (χ0v) is 8.66. The van der Waals surface area contributed by atoms with Gasteiger partial charge in [-0.3, -0.25) is 4.98 Å². The zero-order chi connectivity index (χ0) is 8.10. The molecule has 12 heavy (non-hydrogen) atoms. The van der Waals surface area contributed by atoms with Crippen molar-refractivity contribution in [2.75, 3.05) is 5.88 Å². The Hall–Kier alpha value is -0.270. The molecule has 1 nitrogen and oxygen atoms in total. The van der Waals surface area contributed by atoms with Gasteiger partial charge in [0, 0.05) is 24.2 Å². The summed E-state index contributed by atoms with van der Waals surface area (Å²) in [6.45, 7) is 2.12. The molecule has 0 N–H and O–H groups in total. The van der Waals surface area contributed by atoms with Crippen molar-refractivity contribution in [3.05, 3.63) is 29.6 Å². The third-order valence-electron chi connectivity index (χ3n) is 1.64. The molecule has 0 aliphatic carbocycles. The number of hydrogen-bond acceptors (Lipinski definition) is 1. The highest BCUT2D eigenvalue weighted by Gasteiger charge is 1.92. The lowest BCUT2D eigenvalue weighted by molar-refractivity contribution is 1.01. The van der Waals surface area contributed by atoms with E-state index in [1.165, 1.54) is 5.56 Å². The maximum atomic E-state index is 5.57. The van der Waals surface area contributed by atoms with Gasteiger partial charge >= 0.3 is 0 Å². The fourth-order valence-electron chi connectivity index (χ4n) is 0.909. The highest BCUT2D eigenvalue weighted by atomic mass is 35.5. The summed E-state index contributed by atoms with van der Waals surface area (Å²) in [6.07, 6.45) is 3.83. The van der Waals surface area contributed by atoms with Gasteiger partial charge in [0.2, 0.25) is 0 Å². The summed E-state index contributed by atoms with van der Waals surface area (Å²) in [7, 11) is 0. The second kappa shape index (κ2) is 6.27. The van der Waals surface area contributed by atoms with Gasteiger partial charge < -0.3 is 0 Å². The van der Waals surface area contributed by atoms with Crippen molar-refractivity contribution < 1.29 is 0 Å². The summed E-state index contributed by atoms with van der Waals surface area (Å²) in [5.41, 5.74) is 2.36. The summed E-state index contributed by atoms with van der Waals surface area (Å²) in [5.74, 6) is 0.651. The Morgan fingerprint density at radius 3 is 2.58 bits per heavy atom. The van der Waals surface area contributed by atoms with E-state index in [1.54, 1.807) is 0 Å². The Bertz CT molecular complexity index is 208. The van der Waals surface area contributed by atoms with Crippen molar-refractivity contribution in [1.82, 2.24) is 4.98 Å². The maximum Gasteiger partial charge on any atom is 0.0415 e. The largest absolute Gasteiger partial charge is 0.261 e. The number of halogens is 2. The molecule has 0 saturated carbocycles. The number of rotatable bonds is 3. The number of alkyl halides is 1. The van der Waals surface area contributed by atoms with Crippen LogP contribution in [0.3, 0.4) is 0 Å². The molecule has 0 radical (unpaired) electrons. The Morgan fingerprint density at radius 2 is 2.17 bits per heavy atom. The third kappa shape index (κ3) is 3.42. The molecule has 1 aromatic rings. The van der Waals surface area contributed by atoms with Gasteiger partial charge in [-0.1, -0.05) is 13.0 Å². The monoisotopic (exact) mass is 205 g/mol. The fraction of sp³-hybridized carbons (Fsp3) is 0.444. The highest BCUT2D eigenvalue weighted by Crippen LogP contribution is 2.01. The molecule has 0 unspecified atom stereocenters. The highest BCUT2D eigenvalue weighted by molar-refractivity contribution is 6.17. The number of pyridine rings is 1. The molecular weight excluding hydrogens is 193 g/mol. The van der Waals surface area contributed by atoms with Crippen LogP contribution in [0, 0.1) is 0 Å². The molecule has 3 heteroatoms. The smallest absolute Gasteiger partial charge is 0.0415 e. The van der Waals surface area contributed by atoms with Gasteiger partial charge in [-0.15, -0.1) is 24.0 Å². The van der Waals surface area contributed by atoms with E-state index in [-0.39, 0.29) is 12.4 Å². The molecule has 68 valence electrons. The van der Waals surface area contributed by atoms with Crippen LogP contribution >= 0.6 is 24.0 Å². The molecule has 0 saturated heterocycles. The summed E-state index contributed by atoms with van der Waals surface area (Å²) in [4.78, 5) is 4.25. The number of aromatic nitrogens is 1. The molecule has 0 fully saturated rings. The van der Waals surface area contributed by atoms with Crippen LogP contribution in [0.5, 0.6) is 0 Å². The molecule has 0 amide bonds. The first-order valence-electron chi connectivity index (χ1n) is 3.86. The van der Waals surface area contributed by atoms with E-state index in [0.29, 0.717) is 5.88 Å². The number of nitrogens with zero attached hydrogens (tertiary/aromatic N) is 1. The quantitative estimate of drug-likeness (QED) is 0.693. The molecular formula is C9H13Cl2N. The van der Waals surface area contributed by atoms with Gasteiger partial charge in [-0.25, -0.2) is 0 Å². The van der Waals surface area contributed by atoms with Crippen molar-refractivity contribution in [2.24, 2.45) is 0 Å². The van der Waals surface area contributed by atoms with Crippen LogP contribution in [0.25, 0.3) is 0 Å². The van der Waals surface area contributed by atoms with E-state index in [9.17, 15) is 0 Å². The zero-order valence-electron chi connectivity index (χ0n) is 7.09. The normalized spacial score (nSPS) is 9.17. The van der Waals surface area contributed by atoms with E-state index in [4.69, 9.17) is 11.6 Å². The molecule has 0 aliphatic rings. The summed E-state index contributed by atoms with van der Waals surface area (Å²) < 4.78 is 0. The van der Waals surface area contributed by atoms with Gasteiger partial charge in [-0.2, -0.15) is 0 Å². The summed E-state index contributed by atoms with van der Waals surface area (Å²) in [6, 6.07) is 4.15. The second-order valence-corrected chi connectivity index (χ2v) is 2.83. The molecule has 1 rings (SSSR count). The van der Waals surface area contributed by atoms with Crippen LogP contribution in [0.4, 0.5) is 0 Å². The second-order valence-electron chi connectivity index (χ2n) is 2.45. The lowest BCUT2D eigenvalue weighted by Crippen LogP contribution is -1.91. The van der Waals surface area contributed by atoms with Gasteiger partial charge in [0.15, 0.2) is 0 Å².